The summed E-state index contributed by atoms with van der Waals surface area (Å²) in [7, 11) is 0. The maximum atomic E-state index is 13.3. The van der Waals surface area contributed by atoms with Crippen LogP contribution >= 0.6 is 11.3 Å². The number of carbonyl (C=O) groups is 2. The van der Waals surface area contributed by atoms with Crippen LogP contribution in [0.2, 0.25) is 0 Å². The first-order chi connectivity index (χ1) is 13.2. The molecule has 140 valence electrons. The van der Waals surface area contributed by atoms with E-state index in [0.717, 1.165) is 29.1 Å². The number of carbonyl (C=O) groups excluding carboxylic acids is 2. The highest BCUT2D eigenvalue weighted by molar-refractivity contribution is 7.15. The van der Waals surface area contributed by atoms with Gasteiger partial charge in [-0.25, -0.2) is 4.98 Å². The van der Waals surface area contributed by atoms with Gasteiger partial charge >= 0.3 is 5.97 Å². The second-order valence-corrected chi connectivity index (χ2v) is 7.32. The summed E-state index contributed by atoms with van der Waals surface area (Å²) in [5.74, 6) is -0.653. The Labute approximate surface area is 160 Å². The van der Waals surface area contributed by atoms with E-state index in [9.17, 15) is 9.59 Å². The highest BCUT2D eigenvalue weighted by atomic mass is 32.1. The van der Waals surface area contributed by atoms with Gasteiger partial charge in [0.15, 0.2) is 10.7 Å². The molecule has 7 nitrogen and oxygen atoms in total. The molecule has 0 bridgehead atoms. The summed E-state index contributed by atoms with van der Waals surface area (Å²) < 4.78 is 7.06. The summed E-state index contributed by atoms with van der Waals surface area (Å²) in [5.41, 5.74) is 1.98. The molecule has 1 amide bonds. The molecule has 4 rings (SSSR count). The number of fused-ring (bicyclic) bond motifs is 1. The fourth-order valence-corrected chi connectivity index (χ4v) is 4.19. The zero-order valence-corrected chi connectivity index (χ0v) is 15.8. The first kappa shape index (κ1) is 17.7. The van der Waals surface area contributed by atoms with Gasteiger partial charge in [0.05, 0.1) is 18.2 Å². The molecule has 0 aliphatic carbocycles. The maximum Gasteiger partial charge on any atom is 0.310 e. The summed E-state index contributed by atoms with van der Waals surface area (Å²) in [6.45, 7) is 3.13. The largest absolute Gasteiger partial charge is 0.466 e. The molecule has 1 saturated heterocycles. The molecular formula is C19H20N4O3S. The number of ether oxygens (including phenoxy) is 1. The van der Waals surface area contributed by atoms with Crippen molar-refractivity contribution in [3.63, 3.8) is 0 Å². The average molecular weight is 384 g/mol. The number of likely N-dealkylation sites (tertiary alicyclic amines) is 1. The topological polar surface area (TPSA) is 76.8 Å². The monoisotopic (exact) mass is 384 g/mol. The fraction of sp³-hybridized carbons (Fsp3) is 0.368. The first-order valence-corrected chi connectivity index (χ1v) is 9.89. The lowest BCUT2D eigenvalue weighted by Gasteiger charge is -2.31. The minimum absolute atomic E-state index is 0.154. The summed E-state index contributed by atoms with van der Waals surface area (Å²) in [6, 6.07) is 3.76. The lowest BCUT2D eigenvalue weighted by atomic mass is 9.97. The standard InChI is InChI=1S/C19H20N4O3S/c1-2-26-18(25)14-6-4-8-22(12-14)17(24)15-16(13-5-3-7-20-11-13)23-9-10-27-19(23)21-15/h3,5,7,9-11,14H,2,4,6,8,12H2,1H3. The Bertz CT molecular complexity index is 966. The van der Waals surface area contributed by atoms with Gasteiger partial charge in [-0.05, 0) is 31.9 Å². The quantitative estimate of drug-likeness (QED) is 0.647. The van der Waals surface area contributed by atoms with Crippen molar-refractivity contribution >= 4 is 28.2 Å². The number of imidazole rings is 1. The van der Waals surface area contributed by atoms with Gasteiger partial charge < -0.3 is 9.64 Å². The average Bonchev–Trinajstić information content (AvgIpc) is 3.29. The number of pyridine rings is 1. The highest BCUT2D eigenvalue weighted by Gasteiger charge is 2.32. The molecule has 0 radical (unpaired) electrons. The third-order valence-corrected chi connectivity index (χ3v) is 5.48. The second-order valence-electron chi connectivity index (χ2n) is 6.45. The Morgan fingerprint density at radius 2 is 2.30 bits per heavy atom. The van der Waals surface area contributed by atoms with E-state index < -0.39 is 0 Å². The Morgan fingerprint density at radius 1 is 1.41 bits per heavy atom. The third kappa shape index (κ3) is 3.32. The van der Waals surface area contributed by atoms with Crippen LogP contribution in [0.1, 0.15) is 30.3 Å². The minimum Gasteiger partial charge on any atom is -0.466 e. The number of nitrogens with zero attached hydrogens (tertiary/aromatic N) is 4. The molecule has 1 aliphatic heterocycles. The molecule has 0 N–H and O–H groups in total. The van der Waals surface area contributed by atoms with Crippen LogP contribution in [0.25, 0.3) is 16.2 Å². The number of rotatable bonds is 4. The Balaban J connectivity index is 1.67. The van der Waals surface area contributed by atoms with Gasteiger partial charge in [0.2, 0.25) is 0 Å². The zero-order valence-electron chi connectivity index (χ0n) is 15.0. The van der Waals surface area contributed by atoms with Crippen molar-refractivity contribution in [1.29, 1.82) is 0 Å². The number of esters is 1. The Hall–Kier alpha value is -2.74. The maximum absolute atomic E-state index is 13.3. The summed E-state index contributed by atoms with van der Waals surface area (Å²) >= 11 is 1.48. The van der Waals surface area contributed by atoms with E-state index in [2.05, 4.69) is 9.97 Å². The SMILES string of the molecule is CCOC(=O)C1CCCN(C(=O)c2nc3sccn3c2-c2cccnc2)C1. The van der Waals surface area contributed by atoms with Gasteiger partial charge in [-0.1, -0.05) is 0 Å². The Kier molecular flexibility index (Phi) is 4.89. The van der Waals surface area contributed by atoms with Crippen LogP contribution in [0, 0.1) is 5.92 Å². The predicted molar refractivity (Wildman–Crippen MR) is 102 cm³/mol. The van der Waals surface area contributed by atoms with E-state index in [1.165, 1.54) is 11.3 Å². The van der Waals surface area contributed by atoms with Crippen molar-refractivity contribution < 1.29 is 14.3 Å². The lowest BCUT2D eigenvalue weighted by Crippen LogP contribution is -2.43. The molecule has 1 unspecified atom stereocenters. The Morgan fingerprint density at radius 3 is 3.07 bits per heavy atom. The van der Waals surface area contributed by atoms with Crippen LogP contribution in [0.3, 0.4) is 0 Å². The predicted octanol–water partition coefficient (Wildman–Crippen LogP) is 2.87. The van der Waals surface area contributed by atoms with Crippen LogP contribution in [0.4, 0.5) is 0 Å². The van der Waals surface area contributed by atoms with E-state index in [0.29, 0.717) is 25.4 Å². The van der Waals surface area contributed by atoms with E-state index in [-0.39, 0.29) is 17.8 Å². The number of hydrogen-bond acceptors (Lipinski definition) is 6. The van der Waals surface area contributed by atoms with Crippen molar-refractivity contribution in [2.75, 3.05) is 19.7 Å². The molecular weight excluding hydrogens is 364 g/mol. The highest BCUT2D eigenvalue weighted by Crippen LogP contribution is 2.29. The number of piperidine rings is 1. The zero-order chi connectivity index (χ0) is 18.8. The molecule has 0 aromatic carbocycles. The third-order valence-electron chi connectivity index (χ3n) is 4.73. The van der Waals surface area contributed by atoms with E-state index in [1.54, 1.807) is 24.2 Å². The molecule has 1 fully saturated rings. The van der Waals surface area contributed by atoms with Crippen molar-refractivity contribution in [2.24, 2.45) is 5.92 Å². The van der Waals surface area contributed by atoms with Crippen LogP contribution in [0.5, 0.6) is 0 Å². The minimum atomic E-state index is -0.270. The number of amides is 1. The molecule has 1 aliphatic rings. The summed E-state index contributed by atoms with van der Waals surface area (Å²) in [4.78, 5) is 36.6. The van der Waals surface area contributed by atoms with Crippen LogP contribution in [-0.4, -0.2) is 50.8 Å². The van der Waals surface area contributed by atoms with Gasteiger partial charge in [0.1, 0.15) is 0 Å². The van der Waals surface area contributed by atoms with E-state index in [1.807, 2.05) is 28.1 Å². The molecule has 3 aromatic heterocycles. The molecule has 27 heavy (non-hydrogen) atoms. The molecule has 8 heteroatoms. The van der Waals surface area contributed by atoms with Crippen LogP contribution in [-0.2, 0) is 9.53 Å². The second kappa shape index (κ2) is 7.48. The molecule has 3 aromatic rings. The molecule has 1 atom stereocenters. The van der Waals surface area contributed by atoms with E-state index in [4.69, 9.17) is 4.74 Å². The van der Waals surface area contributed by atoms with Gasteiger partial charge in [0.25, 0.3) is 5.91 Å². The van der Waals surface area contributed by atoms with Gasteiger partial charge in [-0.15, -0.1) is 11.3 Å². The van der Waals surface area contributed by atoms with E-state index >= 15 is 0 Å². The van der Waals surface area contributed by atoms with Crippen LogP contribution < -0.4 is 0 Å². The van der Waals surface area contributed by atoms with Gasteiger partial charge in [-0.3, -0.25) is 19.0 Å². The lowest BCUT2D eigenvalue weighted by molar-refractivity contribution is -0.149. The molecule has 0 saturated carbocycles. The van der Waals surface area contributed by atoms with Crippen molar-refractivity contribution in [1.82, 2.24) is 19.3 Å². The fourth-order valence-electron chi connectivity index (χ4n) is 3.48. The molecule has 4 heterocycles. The van der Waals surface area contributed by atoms with Gasteiger partial charge in [-0.2, -0.15) is 0 Å². The van der Waals surface area contributed by atoms with Crippen molar-refractivity contribution in [3.8, 4) is 11.3 Å². The number of hydrogen-bond donors (Lipinski definition) is 0. The number of thiazole rings is 1. The van der Waals surface area contributed by atoms with Crippen molar-refractivity contribution in [3.05, 3.63) is 41.8 Å². The summed E-state index contributed by atoms with van der Waals surface area (Å²) in [5, 5.41) is 1.94. The summed E-state index contributed by atoms with van der Waals surface area (Å²) in [6.07, 6.45) is 6.86. The smallest absolute Gasteiger partial charge is 0.310 e. The molecule has 0 spiro atoms. The van der Waals surface area contributed by atoms with Gasteiger partial charge in [0, 0.05) is 42.6 Å². The number of aromatic nitrogens is 3. The van der Waals surface area contributed by atoms with Crippen LogP contribution in [0.15, 0.2) is 36.1 Å². The normalized spacial score (nSPS) is 17.2. The van der Waals surface area contributed by atoms with Crippen molar-refractivity contribution in [2.45, 2.75) is 19.8 Å². The first-order valence-electron chi connectivity index (χ1n) is 9.01.